The Hall–Kier alpha value is -2.35. The van der Waals surface area contributed by atoms with E-state index in [4.69, 9.17) is 11.0 Å². The maximum atomic E-state index is 14.6. The van der Waals surface area contributed by atoms with E-state index in [-0.39, 0.29) is 29.9 Å². The van der Waals surface area contributed by atoms with Crippen LogP contribution < -0.4 is 5.32 Å². The monoisotopic (exact) mass is 521 g/mol. The number of amides is 1. The molecular formula is C29H41F2N5O. The van der Waals surface area contributed by atoms with Gasteiger partial charge in [0.05, 0.1) is 6.04 Å². The summed E-state index contributed by atoms with van der Waals surface area (Å²) in [7, 11) is 0. The summed E-state index contributed by atoms with van der Waals surface area (Å²) in [6.07, 6.45) is -5.29. The molecule has 2 aromatic rings. The molecule has 1 N–H and O–H groups in total. The quantitative estimate of drug-likeness (QED) is 0.466. The summed E-state index contributed by atoms with van der Waals surface area (Å²) in [6.45, 7) is 2.11. The summed E-state index contributed by atoms with van der Waals surface area (Å²) in [5.74, 6) is -7.08. The van der Waals surface area contributed by atoms with Crippen LogP contribution in [0.5, 0.6) is 0 Å². The van der Waals surface area contributed by atoms with Crippen LogP contribution in [0.4, 0.5) is 8.78 Å². The average Bonchev–Trinajstić information content (AvgIpc) is 3.48. The first kappa shape index (κ1) is 18.0. The molecule has 5 rings (SSSR count). The van der Waals surface area contributed by atoms with E-state index < -0.39 is 56.2 Å². The van der Waals surface area contributed by atoms with Gasteiger partial charge in [0.15, 0.2) is 0 Å². The highest BCUT2D eigenvalue weighted by atomic mass is 19.3. The number of piperidine rings is 1. The molecule has 1 aliphatic carbocycles. The number of carbonyl (C=O) groups excluding carboxylic acids is 1. The maximum absolute atomic E-state index is 14.6. The van der Waals surface area contributed by atoms with Gasteiger partial charge in [0, 0.05) is 60.2 Å². The number of fused-ring (bicyclic) bond motifs is 2. The predicted molar refractivity (Wildman–Crippen MR) is 139 cm³/mol. The number of halogens is 2. The van der Waals surface area contributed by atoms with Crippen LogP contribution in [0.15, 0.2) is 30.3 Å². The fourth-order valence-corrected chi connectivity index (χ4v) is 6.15. The minimum absolute atomic E-state index is 0.000713. The number of nitrogens with zero attached hydrogens (tertiary/aromatic N) is 4. The average molecular weight is 522 g/mol. The van der Waals surface area contributed by atoms with Crippen molar-refractivity contribution in [3.05, 3.63) is 47.5 Å². The molecule has 1 amide bonds. The summed E-state index contributed by atoms with van der Waals surface area (Å²) < 4.78 is 95.0. The summed E-state index contributed by atoms with van der Waals surface area (Å²) in [6, 6.07) is 8.67. The van der Waals surface area contributed by atoms with Gasteiger partial charge in [0.25, 0.3) is 0 Å². The highest BCUT2D eigenvalue weighted by Gasteiger charge is 2.42. The van der Waals surface area contributed by atoms with E-state index in [1.54, 1.807) is 12.1 Å². The minimum Gasteiger partial charge on any atom is -0.349 e. The largest absolute Gasteiger partial charge is 0.349 e. The number of alkyl halides is 2. The molecule has 3 atom stereocenters. The molecule has 6 nitrogen and oxygen atoms in total. The van der Waals surface area contributed by atoms with E-state index in [1.165, 1.54) is 0 Å². The Morgan fingerprint density at radius 3 is 2.43 bits per heavy atom. The second kappa shape index (κ2) is 10.8. The van der Waals surface area contributed by atoms with Crippen molar-refractivity contribution in [2.45, 2.75) is 114 Å². The van der Waals surface area contributed by atoms with Gasteiger partial charge >= 0.3 is 0 Å². The van der Waals surface area contributed by atoms with Crippen molar-refractivity contribution < 1.29 is 24.5 Å². The molecule has 3 aliphatic rings. The SMILES string of the molecule is [2H]C1(C(=O)NC(CCN2C3CCC2CC(n2c(C(C)C)nnc2C([2H])([2H])[2H])C3)c2ccccc2)CC([2H])([2H])C(F)(F)C([2H])([2H])C1. The number of aromatic nitrogens is 3. The van der Waals surface area contributed by atoms with Gasteiger partial charge < -0.3 is 9.88 Å². The lowest BCUT2D eigenvalue weighted by atomic mass is 9.86. The van der Waals surface area contributed by atoms with Crippen molar-refractivity contribution in [2.75, 3.05) is 6.54 Å². The Morgan fingerprint density at radius 1 is 1.14 bits per heavy atom. The van der Waals surface area contributed by atoms with E-state index in [1.807, 2.05) is 36.6 Å². The van der Waals surface area contributed by atoms with Crippen LogP contribution in [-0.4, -0.2) is 50.1 Å². The molecule has 1 aromatic carbocycles. The van der Waals surface area contributed by atoms with Crippen LogP contribution in [0.2, 0.25) is 0 Å². The standard InChI is InChI=1S/C29H41F2N5O/c1-19(2)27-34-33-20(3)36(27)25-17-23-9-10-24(18-25)35(23)16-13-26(21-7-5-4-6-8-21)32-28(37)22-11-14-29(30,31)15-12-22/h4-8,19,22-26H,9-18H2,1-3H3,(H,32,37)/i3D3,14D2,15D2,22D. The number of carbonyl (C=O) groups is 1. The fourth-order valence-electron chi connectivity index (χ4n) is 6.15. The Kier molecular flexibility index (Phi) is 5.26. The molecule has 2 aliphatic heterocycles. The van der Waals surface area contributed by atoms with Crippen molar-refractivity contribution >= 4 is 5.91 Å². The minimum atomic E-state index is -4.35. The van der Waals surface area contributed by atoms with Crippen LogP contribution >= 0.6 is 0 Å². The van der Waals surface area contributed by atoms with Crippen LogP contribution in [-0.2, 0) is 4.79 Å². The number of hydrogen-bond donors (Lipinski definition) is 1. The van der Waals surface area contributed by atoms with Gasteiger partial charge in [-0.05, 0) is 57.4 Å². The first-order valence-corrected chi connectivity index (χ1v) is 13.2. The highest BCUT2D eigenvalue weighted by molar-refractivity contribution is 5.79. The number of benzene rings is 1. The summed E-state index contributed by atoms with van der Waals surface area (Å²) in [5, 5.41) is 11.1. The third kappa shape index (κ3) is 5.74. The van der Waals surface area contributed by atoms with Gasteiger partial charge in [-0.1, -0.05) is 44.2 Å². The summed E-state index contributed by atoms with van der Waals surface area (Å²) >= 11 is 0. The number of rotatable bonds is 8. The molecule has 2 bridgehead atoms. The summed E-state index contributed by atoms with van der Waals surface area (Å²) in [4.78, 5) is 15.9. The number of hydrogen-bond acceptors (Lipinski definition) is 4. The van der Waals surface area contributed by atoms with Gasteiger partial charge in [-0.15, -0.1) is 10.2 Å². The lowest BCUT2D eigenvalue weighted by molar-refractivity contribution is -0.130. The number of nitrogens with one attached hydrogen (secondary N) is 1. The predicted octanol–water partition coefficient (Wildman–Crippen LogP) is 5.95. The maximum Gasteiger partial charge on any atom is 0.248 e. The molecule has 1 aromatic heterocycles. The molecular weight excluding hydrogens is 472 g/mol. The van der Waals surface area contributed by atoms with Crippen molar-refractivity contribution in [2.24, 2.45) is 5.89 Å². The van der Waals surface area contributed by atoms with Crippen LogP contribution in [0.3, 0.4) is 0 Å². The second-order valence-corrected chi connectivity index (χ2v) is 10.8. The molecule has 3 heterocycles. The molecule has 0 spiro atoms. The van der Waals surface area contributed by atoms with E-state index in [2.05, 4.69) is 20.4 Å². The molecule has 3 unspecified atom stereocenters. The second-order valence-electron chi connectivity index (χ2n) is 10.8. The zero-order chi connectivity index (χ0) is 33.2. The van der Waals surface area contributed by atoms with E-state index >= 15 is 0 Å². The Labute approximate surface area is 230 Å². The van der Waals surface area contributed by atoms with E-state index in [0.717, 1.165) is 18.4 Å². The van der Waals surface area contributed by atoms with Gasteiger partial charge in [-0.2, -0.15) is 0 Å². The molecule has 1 saturated carbocycles. The van der Waals surface area contributed by atoms with Crippen molar-refractivity contribution in [1.29, 1.82) is 0 Å². The fraction of sp³-hybridized carbons (Fsp3) is 0.690. The van der Waals surface area contributed by atoms with Gasteiger partial charge in [0.2, 0.25) is 11.8 Å². The molecule has 202 valence electrons. The third-order valence-corrected chi connectivity index (χ3v) is 8.02. The van der Waals surface area contributed by atoms with Gasteiger partial charge in [-0.3, -0.25) is 9.69 Å². The van der Waals surface area contributed by atoms with Crippen LogP contribution in [0.25, 0.3) is 0 Å². The number of aryl methyl sites for hydroxylation is 1. The normalized spacial score (nSPS) is 34.0. The smallest absolute Gasteiger partial charge is 0.248 e. The van der Waals surface area contributed by atoms with E-state index in [0.29, 0.717) is 31.6 Å². The van der Waals surface area contributed by atoms with Crippen molar-refractivity contribution in [3.8, 4) is 0 Å². The van der Waals surface area contributed by atoms with Crippen molar-refractivity contribution in [1.82, 2.24) is 25.0 Å². The van der Waals surface area contributed by atoms with Gasteiger partial charge in [-0.25, -0.2) is 8.78 Å². The third-order valence-electron chi connectivity index (χ3n) is 8.02. The van der Waals surface area contributed by atoms with Gasteiger partial charge in [0.1, 0.15) is 11.6 Å². The molecule has 37 heavy (non-hydrogen) atoms. The Morgan fingerprint density at radius 2 is 1.81 bits per heavy atom. The lowest BCUT2D eigenvalue weighted by Crippen LogP contribution is -2.45. The zero-order valence-electron chi connectivity index (χ0n) is 29.4. The summed E-state index contributed by atoms with van der Waals surface area (Å²) in [5.41, 5.74) is 0.734. The first-order valence-electron chi connectivity index (χ1n) is 17.2. The Bertz CT molecular complexity index is 1350. The molecule has 0 radical (unpaired) electrons. The topological polar surface area (TPSA) is 63.1 Å². The zero-order valence-corrected chi connectivity index (χ0v) is 21.4. The Balaban J connectivity index is 1.33. The highest BCUT2D eigenvalue weighted by Crippen LogP contribution is 2.42. The first-order chi connectivity index (χ1) is 20.8. The van der Waals surface area contributed by atoms with Crippen LogP contribution in [0, 0.1) is 12.7 Å². The molecule has 3 fully saturated rings. The lowest BCUT2D eigenvalue weighted by Gasteiger charge is -2.40. The van der Waals surface area contributed by atoms with E-state index in [9.17, 15) is 13.6 Å². The molecule has 2 saturated heterocycles. The van der Waals surface area contributed by atoms with Crippen molar-refractivity contribution in [3.63, 3.8) is 0 Å². The van der Waals surface area contributed by atoms with Crippen LogP contribution in [0.1, 0.15) is 118 Å². The molecule has 8 heteroatoms.